The van der Waals surface area contributed by atoms with Gasteiger partial charge in [-0.1, -0.05) is 107 Å². The Hall–Kier alpha value is -1.06. The zero-order valence-corrected chi connectivity index (χ0v) is 28.1. The number of rotatable bonds is 6. The van der Waals surface area contributed by atoms with E-state index in [4.69, 9.17) is 9.05 Å². The van der Waals surface area contributed by atoms with E-state index >= 15 is 0 Å². The first-order valence-electron chi connectivity index (χ1n) is 13.0. The molecule has 0 saturated carbocycles. The topological polar surface area (TPSA) is 134 Å². The molecule has 0 aliphatic heterocycles. The van der Waals surface area contributed by atoms with Gasteiger partial charge in [0.1, 0.15) is 11.5 Å². The van der Waals surface area contributed by atoms with Crippen LogP contribution in [0.15, 0.2) is 24.3 Å². The molecule has 0 radical (unpaired) electrons. The van der Waals surface area contributed by atoms with E-state index in [9.17, 15) is 28.7 Å². The van der Waals surface area contributed by atoms with Crippen molar-refractivity contribution in [2.75, 3.05) is 0 Å². The van der Waals surface area contributed by atoms with Crippen molar-refractivity contribution in [2.24, 2.45) is 0 Å². The molecule has 0 atom stereocenters. The zero-order valence-electron chi connectivity index (χ0n) is 27.3. The molecule has 0 aliphatic rings. The predicted molar refractivity (Wildman–Crippen MR) is 157 cm³/mol. The first-order chi connectivity index (χ1) is 17.1. The van der Waals surface area contributed by atoms with Crippen molar-refractivity contribution in [3.63, 3.8) is 0 Å². The fourth-order valence-corrected chi connectivity index (χ4v) is 5.19. The molecule has 2 aromatic carbocycles. The van der Waals surface area contributed by atoms with E-state index in [-0.39, 0.29) is 49.0 Å². The summed E-state index contributed by atoms with van der Waals surface area (Å²) in [5, 5.41) is 0. The van der Waals surface area contributed by atoms with Gasteiger partial charge in [0.05, 0.1) is 0 Å². The second-order valence-corrected chi connectivity index (χ2v) is 16.7. The van der Waals surface area contributed by atoms with Crippen molar-refractivity contribution in [1.29, 1.82) is 0 Å². The third kappa shape index (κ3) is 10.0. The van der Waals surface area contributed by atoms with E-state index < -0.39 is 26.5 Å². The summed E-state index contributed by atoms with van der Waals surface area (Å²) in [4.78, 5) is 39.4. The SMILES string of the molecule is CC(C)(C)c1cc(Cc2cc(C(C)(C)C)cc(C(C)(C)C)c2OP(=O)(O)O)c(OP(=O)(O)O)c(C(C)(C)C)c1.[H-].[Li+]. The molecule has 4 N–H and O–H groups in total. The van der Waals surface area contributed by atoms with Crippen molar-refractivity contribution in [1.82, 2.24) is 0 Å². The molecule has 2 rings (SSSR count). The molecular weight excluding hydrogens is 545 g/mol. The van der Waals surface area contributed by atoms with E-state index in [1.54, 1.807) is 0 Å². The minimum absolute atomic E-state index is 0. The minimum atomic E-state index is -4.94. The van der Waals surface area contributed by atoms with Gasteiger partial charge >= 0.3 is 34.5 Å². The Morgan fingerprint density at radius 2 is 0.850 bits per heavy atom. The van der Waals surface area contributed by atoms with Gasteiger partial charge in [-0.25, -0.2) is 9.13 Å². The van der Waals surface area contributed by atoms with Crippen molar-refractivity contribution in [3.8, 4) is 11.5 Å². The van der Waals surface area contributed by atoms with Gasteiger partial charge < -0.3 is 10.5 Å². The van der Waals surface area contributed by atoms with Crippen molar-refractivity contribution in [2.45, 2.75) is 111 Å². The molecule has 0 spiro atoms. The van der Waals surface area contributed by atoms with Gasteiger partial charge in [0, 0.05) is 17.5 Å². The molecule has 0 amide bonds. The Labute approximate surface area is 253 Å². The van der Waals surface area contributed by atoms with Crippen LogP contribution in [0, 0.1) is 0 Å². The van der Waals surface area contributed by atoms with E-state index in [2.05, 4.69) is 0 Å². The van der Waals surface area contributed by atoms with Crippen LogP contribution in [0.3, 0.4) is 0 Å². The molecule has 0 unspecified atom stereocenters. The fraction of sp³-hybridized carbons (Fsp3) is 0.586. The van der Waals surface area contributed by atoms with Crippen LogP contribution in [-0.2, 0) is 37.2 Å². The van der Waals surface area contributed by atoms with Crippen LogP contribution in [0.1, 0.15) is 118 Å². The van der Waals surface area contributed by atoms with Crippen molar-refractivity contribution in [3.05, 3.63) is 57.6 Å². The van der Waals surface area contributed by atoms with Crippen LogP contribution < -0.4 is 27.9 Å². The van der Waals surface area contributed by atoms with Gasteiger partial charge in [0.25, 0.3) is 0 Å². The van der Waals surface area contributed by atoms with Gasteiger partial charge in [0.2, 0.25) is 0 Å². The second kappa shape index (κ2) is 11.9. The summed E-state index contributed by atoms with van der Waals surface area (Å²) in [6.45, 7) is 23.9. The summed E-state index contributed by atoms with van der Waals surface area (Å²) < 4.78 is 35.0. The smallest absolute Gasteiger partial charge is 1.00 e. The van der Waals surface area contributed by atoms with Gasteiger partial charge in [0.15, 0.2) is 0 Å². The molecule has 222 valence electrons. The first kappa shape index (κ1) is 37.0. The van der Waals surface area contributed by atoms with Gasteiger partial charge in [-0.3, -0.25) is 19.6 Å². The molecular formula is C29H47LiO8P2. The molecule has 11 heteroatoms. The molecule has 0 fully saturated rings. The summed E-state index contributed by atoms with van der Waals surface area (Å²) in [7, 11) is -9.89. The summed E-state index contributed by atoms with van der Waals surface area (Å²) in [5.41, 5.74) is 2.40. The van der Waals surface area contributed by atoms with Crippen LogP contribution in [0.25, 0.3) is 0 Å². The third-order valence-corrected chi connectivity index (χ3v) is 7.32. The minimum Gasteiger partial charge on any atom is -1.00 e. The van der Waals surface area contributed by atoms with Crippen LogP contribution in [0.4, 0.5) is 0 Å². The maximum Gasteiger partial charge on any atom is 1.00 e. The van der Waals surface area contributed by atoms with Crippen molar-refractivity contribution < 1.29 is 58.0 Å². The normalized spacial score (nSPS) is 13.6. The molecule has 2 aromatic rings. The monoisotopic (exact) mass is 592 g/mol. The summed E-state index contributed by atoms with van der Waals surface area (Å²) in [6, 6.07) is 7.52. The predicted octanol–water partition coefficient (Wildman–Crippen LogP) is 4.53. The molecule has 40 heavy (non-hydrogen) atoms. The fourth-order valence-electron chi connectivity index (χ4n) is 4.28. The average Bonchev–Trinajstić information content (AvgIpc) is 2.64. The Morgan fingerprint density at radius 3 is 1.05 bits per heavy atom. The molecule has 0 heterocycles. The van der Waals surface area contributed by atoms with Crippen LogP contribution in [-0.4, -0.2) is 19.6 Å². The van der Waals surface area contributed by atoms with Gasteiger partial charge in [-0.15, -0.1) is 0 Å². The Kier molecular flexibility index (Phi) is 11.0. The first-order valence-corrected chi connectivity index (χ1v) is 16.0. The zero-order chi connectivity index (χ0) is 30.6. The number of hydrogen-bond donors (Lipinski definition) is 4. The van der Waals surface area contributed by atoms with E-state index in [1.165, 1.54) is 0 Å². The molecule has 0 aromatic heterocycles. The summed E-state index contributed by atoms with van der Waals surface area (Å²) in [6.07, 6.45) is 0.0602. The number of phosphoric acid groups is 2. The molecule has 8 nitrogen and oxygen atoms in total. The number of hydrogen-bond acceptors (Lipinski definition) is 4. The van der Waals surface area contributed by atoms with E-state index in [0.29, 0.717) is 22.3 Å². The number of phosphoric ester groups is 2. The van der Waals surface area contributed by atoms with Gasteiger partial charge in [-0.2, -0.15) is 0 Å². The second-order valence-electron chi connectivity index (χ2n) is 14.4. The maximum absolute atomic E-state index is 12.1. The van der Waals surface area contributed by atoms with E-state index in [0.717, 1.165) is 11.1 Å². The number of benzene rings is 2. The summed E-state index contributed by atoms with van der Waals surface area (Å²) >= 11 is 0. The maximum atomic E-state index is 12.1. The van der Waals surface area contributed by atoms with Gasteiger partial charge in [-0.05, 0) is 43.9 Å². The van der Waals surface area contributed by atoms with Crippen LogP contribution >= 0.6 is 15.6 Å². The summed E-state index contributed by atoms with van der Waals surface area (Å²) in [5.74, 6) is 0.119. The molecule has 0 bridgehead atoms. The Bertz CT molecular complexity index is 1220. The molecule has 0 saturated heterocycles. The standard InChI is InChI=1S/C29H46O8P2.Li.H/c1-26(2,3)20-14-18(24(36-38(30,31)32)22(16-20)28(7,8)9)13-19-15-21(27(4,5)6)17-23(29(10,11)12)25(19)37-39(33,34)35;;/h14-17H,13H2,1-12H3,(H2,30,31,32)(H2,33,34,35);;/q;+1;-1. The van der Waals surface area contributed by atoms with Crippen LogP contribution in [0.5, 0.6) is 11.5 Å². The molecule has 0 aliphatic carbocycles. The Balaban J connectivity index is 0.00000800. The third-order valence-electron chi connectivity index (χ3n) is 6.48. The van der Waals surface area contributed by atoms with E-state index in [1.807, 2.05) is 107 Å². The largest absolute Gasteiger partial charge is 1.00 e. The van der Waals surface area contributed by atoms with Crippen molar-refractivity contribution >= 4 is 15.6 Å². The van der Waals surface area contributed by atoms with Crippen LogP contribution in [0.2, 0.25) is 0 Å². The Morgan fingerprint density at radius 1 is 0.575 bits per heavy atom. The quantitative estimate of drug-likeness (QED) is 0.284. The average molecular weight is 593 g/mol.